The molecule has 0 atom stereocenters. The summed E-state index contributed by atoms with van der Waals surface area (Å²) in [6.45, 7) is 7.05. The molecule has 0 aromatic heterocycles. The van der Waals surface area contributed by atoms with E-state index in [-0.39, 0.29) is 24.1 Å². The van der Waals surface area contributed by atoms with Crippen molar-refractivity contribution in [3.05, 3.63) is 59.7 Å². The van der Waals surface area contributed by atoms with Crippen molar-refractivity contribution in [2.24, 2.45) is 0 Å². The summed E-state index contributed by atoms with van der Waals surface area (Å²) in [7, 11) is 0. The summed E-state index contributed by atoms with van der Waals surface area (Å²) in [5.41, 5.74) is 2.52. The van der Waals surface area contributed by atoms with E-state index >= 15 is 0 Å². The van der Waals surface area contributed by atoms with Gasteiger partial charge in [-0.05, 0) is 57.0 Å². The summed E-state index contributed by atoms with van der Waals surface area (Å²) in [6.07, 6.45) is 1.11. The number of nitrogens with zero attached hydrogens (tertiary/aromatic N) is 1. The van der Waals surface area contributed by atoms with E-state index in [0.29, 0.717) is 48.4 Å². The molecule has 0 saturated heterocycles. The minimum atomic E-state index is -0.227. The monoisotopic (exact) mass is 395 g/mol. The third-order valence-electron chi connectivity index (χ3n) is 4.79. The molecule has 2 aromatic rings. The number of benzene rings is 2. The highest BCUT2D eigenvalue weighted by molar-refractivity contribution is 6.06. The highest BCUT2D eigenvalue weighted by Crippen LogP contribution is 2.21. The lowest BCUT2D eigenvalue weighted by molar-refractivity contribution is -0.131. The Kier molecular flexibility index (Phi) is 8.40. The maximum Gasteiger partial charge on any atom is 0.256 e. The van der Waals surface area contributed by atoms with E-state index < -0.39 is 0 Å². The quantitative estimate of drug-likeness (QED) is 0.667. The molecule has 6 nitrogen and oxygen atoms in total. The van der Waals surface area contributed by atoms with Crippen molar-refractivity contribution in [2.75, 3.05) is 23.7 Å². The molecule has 0 aliphatic rings. The second kappa shape index (κ2) is 11.0. The second-order valence-electron chi connectivity index (χ2n) is 6.77. The molecule has 0 aliphatic heterocycles. The molecule has 0 bridgehead atoms. The lowest BCUT2D eigenvalue weighted by Gasteiger charge is -2.18. The van der Waals surface area contributed by atoms with E-state index in [1.165, 1.54) is 0 Å². The van der Waals surface area contributed by atoms with E-state index in [1.54, 1.807) is 30.0 Å². The minimum Gasteiger partial charge on any atom is -0.343 e. The summed E-state index contributed by atoms with van der Waals surface area (Å²) in [5.74, 6) is -0.325. The van der Waals surface area contributed by atoms with Crippen molar-refractivity contribution < 1.29 is 14.4 Å². The number of carbonyl (C=O) groups excluding carboxylic acids is 3. The Balaban J connectivity index is 1.94. The second-order valence-corrected chi connectivity index (χ2v) is 6.77. The van der Waals surface area contributed by atoms with Crippen molar-refractivity contribution >= 4 is 29.1 Å². The average molecular weight is 396 g/mol. The Morgan fingerprint density at radius 2 is 1.55 bits per heavy atom. The van der Waals surface area contributed by atoms with Crippen LogP contribution in [0.4, 0.5) is 11.4 Å². The van der Waals surface area contributed by atoms with Gasteiger partial charge in [-0.25, -0.2) is 0 Å². The molecule has 2 N–H and O–H groups in total. The molecule has 0 spiro atoms. The number of amides is 3. The number of rotatable bonds is 9. The smallest absolute Gasteiger partial charge is 0.256 e. The van der Waals surface area contributed by atoms with Crippen LogP contribution in [0.1, 0.15) is 49.0 Å². The van der Waals surface area contributed by atoms with Gasteiger partial charge in [0.25, 0.3) is 5.91 Å². The first-order chi connectivity index (χ1) is 14.0. The van der Waals surface area contributed by atoms with Gasteiger partial charge < -0.3 is 15.5 Å². The van der Waals surface area contributed by atoms with Crippen LogP contribution in [0.25, 0.3) is 0 Å². The van der Waals surface area contributed by atoms with Crippen LogP contribution in [0.3, 0.4) is 0 Å². The molecule has 29 heavy (non-hydrogen) atoms. The molecule has 3 amide bonds. The molecular formula is C23H29N3O3. The van der Waals surface area contributed by atoms with Crippen LogP contribution in [0, 0.1) is 6.92 Å². The molecule has 0 heterocycles. The number of hydrogen-bond acceptors (Lipinski definition) is 3. The normalized spacial score (nSPS) is 10.3. The molecule has 0 unspecified atom stereocenters. The van der Waals surface area contributed by atoms with Crippen LogP contribution >= 0.6 is 0 Å². The minimum absolute atomic E-state index is 0.0681. The summed E-state index contributed by atoms with van der Waals surface area (Å²) < 4.78 is 0. The Labute approximate surface area is 172 Å². The van der Waals surface area contributed by atoms with Crippen LogP contribution < -0.4 is 10.6 Å². The fraction of sp³-hybridized carbons (Fsp3) is 0.348. The lowest BCUT2D eigenvalue weighted by Crippen LogP contribution is -2.30. The first-order valence-electron chi connectivity index (χ1n) is 9.99. The molecule has 0 aliphatic carbocycles. The van der Waals surface area contributed by atoms with Crippen molar-refractivity contribution in [2.45, 2.75) is 40.0 Å². The van der Waals surface area contributed by atoms with Gasteiger partial charge in [0, 0.05) is 42.9 Å². The van der Waals surface area contributed by atoms with Crippen molar-refractivity contribution in [1.29, 1.82) is 0 Å². The van der Waals surface area contributed by atoms with Gasteiger partial charge in [0.15, 0.2) is 0 Å². The molecule has 154 valence electrons. The van der Waals surface area contributed by atoms with Gasteiger partial charge >= 0.3 is 0 Å². The fourth-order valence-electron chi connectivity index (χ4n) is 3.08. The fourth-order valence-corrected chi connectivity index (χ4v) is 3.08. The Morgan fingerprint density at radius 3 is 2.21 bits per heavy atom. The third kappa shape index (κ3) is 6.45. The molecule has 2 aromatic carbocycles. The number of anilines is 2. The topological polar surface area (TPSA) is 78.5 Å². The summed E-state index contributed by atoms with van der Waals surface area (Å²) in [5, 5.41) is 5.71. The Bertz CT molecular complexity index is 846. The Morgan fingerprint density at radius 1 is 0.862 bits per heavy atom. The zero-order valence-electron chi connectivity index (χ0n) is 17.3. The lowest BCUT2D eigenvalue weighted by atomic mass is 10.1. The van der Waals surface area contributed by atoms with Gasteiger partial charge in [0.1, 0.15) is 0 Å². The zero-order valence-corrected chi connectivity index (χ0v) is 17.3. The van der Waals surface area contributed by atoms with E-state index in [2.05, 4.69) is 10.6 Å². The van der Waals surface area contributed by atoms with Crippen LogP contribution in [0.15, 0.2) is 48.5 Å². The standard InChI is InChI=1S/C23H29N3O3/c1-4-26(5-2)22(28)16-10-15-21(27)25-20-14-9-13-19(17(20)3)23(29)24-18-11-7-6-8-12-18/h6-9,11-14H,4-5,10,15-16H2,1-3H3,(H,24,29)(H,25,27). The maximum atomic E-state index is 12.6. The largest absolute Gasteiger partial charge is 0.343 e. The van der Waals surface area contributed by atoms with E-state index in [1.807, 2.05) is 44.2 Å². The maximum absolute atomic E-state index is 12.6. The molecule has 2 rings (SSSR count). The van der Waals surface area contributed by atoms with Gasteiger partial charge in [-0.15, -0.1) is 0 Å². The van der Waals surface area contributed by atoms with Gasteiger partial charge in [-0.1, -0.05) is 24.3 Å². The first-order valence-corrected chi connectivity index (χ1v) is 9.99. The number of hydrogen-bond donors (Lipinski definition) is 2. The summed E-state index contributed by atoms with van der Waals surface area (Å²) in [6, 6.07) is 14.5. The number of carbonyl (C=O) groups is 3. The highest BCUT2D eigenvalue weighted by Gasteiger charge is 2.14. The predicted octanol–water partition coefficient (Wildman–Crippen LogP) is 4.22. The van der Waals surface area contributed by atoms with Crippen LogP contribution in [0.5, 0.6) is 0 Å². The van der Waals surface area contributed by atoms with Crippen molar-refractivity contribution in [3.63, 3.8) is 0 Å². The van der Waals surface area contributed by atoms with Crippen LogP contribution in [0.2, 0.25) is 0 Å². The molecule has 0 fully saturated rings. The summed E-state index contributed by atoms with van der Waals surface area (Å²) in [4.78, 5) is 38.6. The predicted molar refractivity (Wildman–Crippen MR) is 116 cm³/mol. The average Bonchev–Trinajstić information content (AvgIpc) is 2.71. The molecule has 0 radical (unpaired) electrons. The van der Waals surface area contributed by atoms with E-state index in [4.69, 9.17) is 0 Å². The SMILES string of the molecule is CCN(CC)C(=O)CCCC(=O)Nc1cccc(C(=O)Nc2ccccc2)c1C. The highest BCUT2D eigenvalue weighted by atomic mass is 16.2. The van der Waals surface area contributed by atoms with Crippen molar-refractivity contribution in [3.8, 4) is 0 Å². The van der Waals surface area contributed by atoms with E-state index in [9.17, 15) is 14.4 Å². The summed E-state index contributed by atoms with van der Waals surface area (Å²) >= 11 is 0. The zero-order chi connectivity index (χ0) is 21.2. The van der Waals surface area contributed by atoms with Gasteiger partial charge in [-0.3, -0.25) is 14.4 Å². The van der Waals surface area contributed by atoms with Crippen LogP contribution in [-0.4, -0.2) is 35.7 Å². The van der Waals surface area contributed by atoms with Crippen molar-refractivity contribution in [1.82, 2.24) is 4.90 Å². The first kappa shape index (κ1) is 22.1. The Hall–Kier alpha value is -3.15. The van der Waals surface area contributed by atoms with Gasteiger partial charge in [-0.2, -0.15) is 0 Å². The number of nitrogens with one attached hydrogen (secondary N) is 2. The molecular weight excluding hydrogens is 366 g/mol. The van der Waals surface area contributed by atoms with Gasteiger partial charge in [0.05, 0.1) is 0 Å². The third-order valence-corrected chi connectivity index (χ3v) is 4.79. The molecule has 6 heteroatoms. The number of para-hydroxylation sites is 1. The van der Waals surface area contributed by atoms with Crippen LogP contribution in [-0.2, 0) is 9.59 Å². The van der Waals surface area contributed by atoms with E-state index in [0.717, 1.165) is 0 Å². The molecule has 0 saturated carbocycles. The van der Waals surface area contributed by atoms with Gasteiger partial charge in [0.2, 0.25) is 11.8 Å².